The van der Waals surface area contributed by atoms with Crippen molar-refractivity contribution in [3.8, 4) is 5.75 Å². The Kier molecular flexibility index (Phi) is 4.98. The van der Waals surface area contributed by atoms with E-state index in [0.717, 1.165) is 5.56 Å². The molecule has 0 aromatic heterocycles. The lowest BCUT2D eigenvalue weighted by molar-refractivity contribution is -0.118. The van der Waals surface area contributed by atoms with Gasteiger partial charge in [0, 0.05) is 13.7 Å². The first kappa shape index (κ1) is 14.8. The highest BCUT2D eigenvalue weighted by atomic mass is 16.5. The van der Waals surface area contributed by atoms with E-state index in [-0.39, 0.29) is 18.1 Å². The number of carbonyl (C=O) groups is 1. The summed E-state index contributed by atoms with van der Waals surface area (Å²) in [5, 5.41) is 6.09. The second kappa shape index (κ2) is 6.72. The quantitative estimate of drug-likeness (QED) is 0.861. The Bertz CT molecular complexity index is 476. The Morgan fingerprint density at radius 1 is 1.50 bits per heavy atom. The monoisotopic (exact) mass is 278 g/mol. The van der Waals surface area contributed by atoms with E-state index in [9.17, 15) is 4.79 Å². The van der Waals surface area contributed by atoms with Crippen LogP contribution in [0.25, 0.3) is 0 Å². The predicted octanol–water partition coefficient (Wildman–Crippen LogP) is 1.71. The SMILES string of the molecule is CCOc1cc(C)ccc1NC(=O)C1CC(OC)CN1. The van der Waals surface area contributed by atoms with Crippen molar-refractivity contribution >= 4 is 11.6 Å². The Labute approximate surface area is 119 Å². The van der Waals surface area contributed by atoms with Gasteiger partial charge in [0.1, 0.15) is 5.75 Å². The van der Waals surface area contributed by atoms with E-state index in [2.05, 4.69) is 10.6 Å². The van der Waals surface area contributed by atoms with Crippen molar-refractivity contribution in [2.24, 2.45) is 0 Å². The lowest BCUT2D eigenvalue weighted by Gasteiger charge is -2.15. The molecule has 5 nitrogen and oxygen atoms in total. The van der Waals surface area contributed by atoms with Crippen LogP contribution < -0.4 is 15.4 Å². The van der Waals surface area contributed by atoms with Gasteiger partial charge in [-0.2, -0.15) is 0 Å². The molecule has 1 aromatic carbocycles. The summed E-state index contributed by atoms with van der Waals surface area (Å²) in [6.07, 6.45) is 0.799. The summed E-state index contributed by atoms with van der Waals surface area (Å²) in [4.78, 5) is 12.2. The lowest BCUT2D eigenvalue weighted by Crippen LogP contribution is -2.35. The van der Waals surface area contributed by atoms with Gasteiger partial charge in [0.25, 0.3) is 0 Å². The fourth-order valence-electron chi connectivity index (χ4n) is 2.31. The summed E-state index contributed by atoms with van der Waals surface area (Å²) < 4.78 is 10.8. The minimum atomic E-state index is -0.212. The van der Waals surface area contributed by atoms with Crippen LogP contribution in [-0.4, -0.2) is 38.3 Å². The van der Waals surface area contributed by atoms with Gasteiger partial charge in [-0.3, -0.25) is 4.79 Å². The highest BCUT2D eigenvalue weighted by Crippen LogP contribution is 2.26. The fraction of sp³-hybridized carbons (Fsp3) is 0.533. The number of amides is 1. The van der Waals surface area contributed by atoms with E-state index >= 15 is 0 Å². The van der Waals surface area contributed by atoms with Crippen molar-refractivity contribution < 1.29 is 14.3 Å². The molecule has 2 N–H and O–H groups in total. The van der Waals surface area contributed by atoms with Gasteiger partial charge in [-0.25, -0.2) is 0 Å². The average molecular weight is 278 g/mol. The standard InChI is InChI=1S/C15H22N2O3/c1-4-20-14-7-10(2)5-6-12(14)17-15(18)13-8-11(19-3)9-16-13/h5-7,11,13,16H,4,8-9H2,1-3H3,(H,17,18). The van der Waals surface area contributed by atoms with Crippen molar-refractivity contribution in [3.05, 3.63) is 23.8 Å². The van der Waals surface area contributed by atoms with Gasteiger partial charge in [0.05, 0.1) is 24.4 Å². The Balaban J connectivity index is 2.04. The van der Waals surface area contributed by atoms with Gasteiger partial charge in [0.15, 0.2) is 0 Å². The van der Waals surface area contributed by atoms with Crippen molar-refractivity contribution in [2.75, 3.05) is 25.6 Å². The van der Waals surface area contributed by atoms with Gasteiger partial charge < -0.3 is 20.1 Å². The van der Waals surface area contributed by atoms with Gasteiger partial charge in [0.2, 0.25) is 5.91 Å². The van der Waals surface area contributed by atoms with Crippen LogP contribution in [-0.2, 0) is 9.53 Å². The molecule has 2 rings (SSSR count). The summed E-state index contributed by atoms with van der Waals surface area (Å²) in [7, 11) is 1.67. The number of hydrogen-bond acceptors (Lipinski definition) is 4. The highest BCUT2D eigenvalue weighted by molar-refractivity contribution is 5.96. The molecule has 5 heteroatoms. The molecular weight excluding hydrogens is 256 g/mol. The Morgan fingerprint density at radius 3 is 2.95 bits per heavy atom. The van der Waals surface area contributed by atoms with Gasteiger partial charge in [-0.05, 0) is 38.0 Å². The maximum Gasteiger partial charge on any atom is 0.241 e. The van der Waals surface area contributed by atoms with Crippen LogP contribution in [0.5, 0.6) is 5.75 Å². The van der Waals surface area contributed by atoms with Gasteiger partial charge in [-0.1, -0.05) is 6.07 Å². The molecule has 0 spiro atoms. The molecule has 1 fully saturated rings. The second-order valence-electron chi connectivity index (χ2n) is 4.98. The number of rotatable bonds is 5. The highest BCUT2D eigenvalue weighted by Gasteiger charge is 2.29. The van der Waals surface area contributed by atoms with Crippen molar-refractivity contribution in [1.82, 2.24) is 5.32 Å². The number of nitrogens with one attached hydrogen (secondary N) is 2. The number of methoxy groups -OCH3 is 1. The van der Waals surface area contributed by atoms with Crippen molar-refractivity contribution in [3.63, 3.8) is 0 Å². The van der Waals surface area contributed by atoms with Crippen LogP contribution in [0.1, 0.15) is 18.9 Å². The van der Waals surface area contributed by atoms with E-state index < -0.39 is 0 Å². The Morgan fingerprint density at radius 2 is 2.30 bits per heavy atom. The number of benzene rings is 1. The van der Waals surface area contributed by atoms with Gasteiger partial charge >= 0.3 is 0 Å². The molecule has 0 bridgehead atoms. The summed E-state index contributed by atoms with van der Waals surface area (Å²) in [6.45, 7) is 5.20. The third kappa shape index (κ3) is 3.49. The molecule has 1 aliphatic rings. The molecule has 1 saturated heterocycles. The molecule has 2 atom stereocenters. The normalized spacial score (nSPS) is 21.8. The summed E-state index contributed by atoms with van der Waals surface area (Å²) in [5.41, 5.74) is 1.81. The van der Waals surface area contributed by atoms with Gasteiger partial charge in [-0.15, -0.1) is 0 Å². The lowest BCUT2D eigenvalue weighted by atomic mass is 10.1. The second-order valence-corrected chi connectivity index (χ2v) is 4.98. The summed E-state index contributed by atoms with van der Waals surface area (Å²) >= 11 is 0. The first-order valence-corrected chi connectivity index (χ1v) is 6.94. The number of ether oxygens (including phenoxy) is 2. The third-order valence-electron chi connectivity index (χ3n) is 3.44. The van der Waals surface area contributed by atoms with E-state index in [0.29, 0.717) is 31.0 Å². The molecule has 1 heterocycles. The molecule has 1 aromatic rings. The smallest absolute Gasteiger partial charge is 0.241 e. The maximum absolute atomic E-state index is 12.2. The summed E-state index contributed by atoms with van der Waals surface area (Å²) in [6, 6.07) is 5.55. The zero-order valence-corrected chi connectivity index (χ0v) is 12.2. The zero-order valence-electron chi connectivity index (χ0n) is 12.2. The number of anilines is 1. The third-order valence-corrected chi connectivity index (χ3v) is 3.44. The molecule has 2 unspecified atom stereocenters. The molecule has 0 radical (unpaired) electrons. The van der Waals surface area contributed by atoms with E-state index in [4.69, 9.17) is 9.47 Å². The van der Waals surface area contributed by atoms with Crippen LogP contribution in [0.3, 0.4) is 0 Å². The Hall–Kier alpha value is -1.59. The van der Waals surface area contributed by atoms with Crippen LogP contribution >= 0.6 is 0 Å². The molecule has 1 aliphatic heterocycles. The number of aryl methyl sites for hydroxylation is 1. The number of hydrogen-bond donors (Lipinski definition) is 2. The van der Waals surface area contributed by atoms with Crippen LogP contribution in [0, 0.1) is 6.92 Å². The zero-order chi connectivity index (χ0) is 14.5. The van der Waals surface area contributed by atoms with Crippen LogP contribution in [0.2, 0.25) is 0 Å². The molecule has 0 aliphatic carbocycles. The number of carbonyl (C=O) groups excluding carboxylic acids is 1. The van der Waals surface area contributed by atoms with Crippen molar-refractivity contribution in [1.29, 1.82) is 0 Å². The minimum Gasteiger partial charge on any atom is -0.492 e. The molecule has 110 valence electrons. The first-order valence-electron chi connectivity index (χ1n) is 6.94. The van der Waals surface area contributed by atoms with Crippen LogP contribution in [0.4, 0.5) is 5.69 Å². The molecule has 20 heavy (non-hydrogen) atoms. The average Bonchev–Trinajstić information content (AvgIpc) is 2.91. The van der Waals surface area contributed by atoms with E-state index in [1.165, 1.54) is 0 Å². The maximum atomic E-state index is 12.2. The molecule has 0 saturated carbocycles. The largest absolute Gasteiger partial charge is 0.492 e. The van der Waals surface area contributed by atoms with E-state index in [1.54, 1.807) is 7.11 Å². The molecular formula is C15H22N2O3. The topological polar surface area (TPSA) is 59.6 Å². The predicted molar refractivity (Wildman–Crippen MR) is 78.2 cm³/mol. The fourth-order valence-corrected chi connectivity index (χ4v) is 2.31. The minimum absolute atomic E-state index is 0.0469. The molecule has 1 amide bonds. The van der Waals surface area contributed by atoms with Crippen molar-refractivity contribution in [2.45, 2.75) is 32.4 Å². The first-order chi connectivity index (χ1) is 9.63. The summed E-state index contributed by atoms with van der Waals surface area (Å²) in [5.74, 6) is 0.663. The van der Waals surface area contributed by atoms with Crippen LogP contribution in [0.15, 0.2) is 18.2 Å². The van der Waals surface area contributed by atoms with E-state index in [1.807, 2.05) is 32.0 Å².